The van der Waals surface area contributed by atoms with Crippen LogP contribution in [0.25, 0.3) is 0 Å². The second-order valence-electron chi connectivity index (χ2n) is 4.59. The van der Waals surface area contributed by atoms with E-state index in [1.165, 1.54) is 4.88 Å². The maximum atomic E-state index is 12.0. The van der Waals surface area contributed by atoms with Crippen LogP contribution in [0, 0.1) is 5.92 Å². The summed E-state index contributed by atoms with van der Waals surface area (Å²) < 4.78 is 0. The molecule has 3 nitrogen and oxygen atoms in total. The topological polar surface area (TPSA) is 40.5 Å². The van der Waals surface area contributed by atoms with Gasteiger partial charge in [-0.2, -0.15) is 0 Å². The normalized spacial score (nSPS) is 19.8. The fraction of sp³-hybridized carbons (Fsp3) is 0.615. The van der Waals surface area contributed by atoms with Crippen molar-refractivity contribution in [1.82, 2.24) is 4.90 Å². The van der Waals surface area contributed by atoms with Gasteiger partial charge in [0.05, 0.1) is 0 Å². The van der Waals surface area contributed by atoms with Gasteiger partial charge < -0.3 is 10.0 Å². The lowest BCUT2D eigenvalue weighted by atomic mass is 10.1. The molecule has 1 fully saturated rings. The number of carbonyl (C=O) groups is 1. The molecule has 0 aromatic carbocycles. The van der Waals surface area contributed by atoms with Gasteiger partial charge in [-0.25, -0.2) is 0 Å². The molecule has 2 heterocycles. The zero-order valence-corrected chi connectivity index (χ0v) is 10.8. The first-order valence-corrected chi connectivity index (χ1v) is 7.08. The smallest absolute Gasteiger partial charge is 0.222 e. The molecular formula is C13H19NO2S. The van der Waals surface area contributed by atoms with Crippen molar-refractivity contribution >= 4 is 17.2 Å². The van der Waals surface area contributed by atoms with Crippen LogP contribution in [0.1, 0.15) is 24.1 Å². The van der Waals surface area contributed by atoms with Gasteiger partial charge in [0, 0.05) is 31.0 Å². The Bertz CT molecular complexity index is 350. The molecule has 0 aliphatic carbocycles. The summed E-state index contributed by atoms with van der Waals surface area (Å²) in [6, 6.07) is 4.11. The quantitative estimate of drug-likeness (QED) is 0.871. The molecule has 1 atom stereocenters. The lowest BCUT2D eigenvalue weighted by Gasteiger charge is -2.16. The van der Waals surface area contributed by atoms with E-state index >= 15 is 0 Å². The monoisotopic (exact) mass is 253 g/mol. The molecule has 1 aromatic heterocycles. The van der Waals surface area contributed by atoms with Crippen LogP contribution >= 0.6 is 11.3 Å². The van der Waals surface area contributed by atoms with Gasteiger partial charge in [-0.15, -0.1) is 11.3 Å². The second-order valence-corrected chi connectivity index (χ2v) is 5.62. The molecule has 0 bridgehead atoms. The summed E-state index contributed by atoms with van der Waals surface area (Å²) in [5.74, 6) is 0.768. The predicted molar refractivity (Wildman–Crippen MR) is 69.0 cm³/mol. The summed E-state index contributed by atoms with van der Waals surface area (Å²) in [6.45, 7) is 1.94. The van der Waals surface area contributed by atoms with E-state index in [1.807, 2.05) is 16.3 Å². The fourth-order valence-corrected chi connectivity index (χ4v) is 3.03. The Labute approximate surface area is 106 Å². The Morgan fingerprint density at radius 1 is 1.59 bits per heavy atom. The van der Waals surface area contributed by atoms with E-state index in [2.05, 4.69) is 6.07 Å². The molecule has 1 amide bonds. The van der Waals surface area contributed by atoms with Gasteiger partial charge in [0.1, 0.15) is 0 Å². The van der Waals surface area contributed by atoms with Crippen LogP contribution in [-0.2, 0) is 11.2 Å². The van der Waals surface area contributed by atoms with Crippen molar-refractivity contribution in [2.24, 2.45) is 5.92 Å². The minimum absolute atomic E-state index is 0.238. The summed E-state index contributed by atoms with van der Waals surface area (Å²) in [5.41, 5.74) is 0. The highest BCUT2D eigenvalue weighted by molar-refractivity contribution is 7.09. The summed E-state index contributed by atoms with van der Waals surface area (Å²) in [5, 5.41) is 10.9. The number of thiophene rings is 1. The molecule has 1 aliphatic rings. The average Bonchev–Trinajstić information content (AvgIpc) is 2.97. The van der Waals surface area contributed by atoms with Crippen molar-refractivity contribution in [3.63, 3.8) is 0 Å². The predicted octanol–water partition coefficient (Wildman–Crippen LogP) is 1.91. The molecule has 17 heavy (non-hydrogen) atoms. The minimum Gasteiger partial charge on any atom is -0.396 e. The Morgan fingerprint density at radius 2 is 2.47 bits per heavy atom. The highest BCUT2D eigenvalue weighted by Crippen LogP contribution is 2.20. The Hall–Kier alpha value is -0.870. The molecule has 0 saturated carbocycles. The molecular weight excluding hydrogens is 234 g/mol. The highest BCUT2D eigenvalue weighted by atomic mass is 32.1. The van der Waals surface area contributed by atoms with Crippen LogP contribution in [0.2, 0.25) is 0 Å². The Kier molecular flexibility index (Phi) is 4.57. The zero-order valence-electron chi connectivity index (χ0n) is 9.97. The van der Waals surface area contributed by atoms with Crippen LogP contribution in [0.3, 0.4) is 0 Å². The van der Waals surface area contributed by atoms with Crippen molar-refractivity contribution in [2.75, 3.05) is 19.7 Å². The highest BCUT2D eigenvalue weighted by Gasteiger charge is 2.25. The summed E-state index contributed by atoms with van der Waals surface area (Å²) in [4.78, 5) is 15.2. The SMILES string of the molecule is O=C(CCc1cccs1)N1CCC(CCO)C1. The van der Waals surface area contributed by atoms with Gasteiger partial charge in [-0.1, -0.05) is 6.07 Å². The number of carbonyl (C=O) groups excluding carboxylic acids is 1. The molecule has 1 aliphatic heterocycles. The van der Waals surface area contributed by atoms with E-state index in [1.54, 1.807) is 11.3 Å². The molecule has 2 rings (SSSR count). The third-order valence-electron chi connectivity index (χ3n) is 3.34. The number of hydrogen-bond acceptors (Lipinski definition) is 3. The number of nitrogens with zero attached hydrogens (tertiary/aromatic N) is 1. The van der Waals surface area contributed by atoms with Crippen LogP contribution in [0.4, 0.5) is 0 Å². The van der Waals surface area contributed by atoms with Crippen LogP contribution in [-0.4, -0.2) is 35.6 Å². The van der Waals surface area contributed by atoms with Crippen molar-refractivity contribution in [3.8, 4) is 0 Å². The molecule has 94 valence electrons. The number of likely N-dealkylation sites (tertiary alicyclic amines) is 1. The van der Waals surface area contributed by atoms with Crippen LogP contribution in [0.15, 0.2) is 17.5 Å². The standard InChI is InChI=1S/C13H19NO2S/c15-8-6-11-5-7-14(10-11)13(16)4-3-12-2-1-9-17-12/h1-2,9,11,15H,3-8,10H2. The molecule has 1 N–H and O–H groups in total. The van der Waals surface area contributed by atoms with Crippen LogP contribution in [0.5, 0.6) is 0 Å². The second kappa shape index (κ2) is 6.17. The summed E-state index contributed by atoms with van der Waals surface area (Å²) in [7, 11) is 0. The Morgan fingerprint density at radius 3 is 3.18 bits per heavy atom. The maximum Gasteiger partial charge on any atom is 0.222 e. The number of amides is 1. The number of rotatable bonds is 5. The lowest BCUT2D eigenvalue weighted by Crippen LogP contribution is -2.28. The van der Waals surface area contributed by atoms with E-state index in [-0.39, 0.29) is 12.5 Å². The van der Waals surface area contributed by atoms with Gasteiger partial charge in [-0.05, 0) is 36.6 Å². The first-order valence-electron chi connectivity index (χ1n) is 6.20. The summed E-state index contributed by atoms with van der Waals surface area (Å²) in [6.07, 6.45) is 3.35. The average molecular weight is 253 g/mol. The Balaban J connectivity index is 1.73. The van der Waals surface area contributed by atoms with E-state index in [0.29, 0.717) is 12.3 Å². The van der Waals surface area contributed by atoms with Gasteiger partial charge in [0.15, 0.2) is 0 Å². The minimum atomic E-state index is 0.238. The molecule has 0 radical (unpaired) electrons. The third kappa shape index (κ3) is 3.54. The van der Waals surface area contributed by atoms with E-state index in [4.69, 9.17) is 5.11 Å². The molecule has 0 spiro atoms. The molecule has 1 saturated heterocycles. The van der Waals surface area contributed by atoms with Crippen molar-refractivity contribution in [1.29, 1.82) is 0 Å². The number of aryl methyl sites for hydroxylation is 1. The zero-order chi connectivity index (χ0) is 12.1. The van der Waals surface area contributed by atoms with E-state index < -0.39 is 0 Å². The number of aliphatic hydroxyl groups is 1. The van der Waals surface area contributed by atoms with E-state index in [9.17, 15) is 4.79 Å². The number of hydrogen-bond donors (Lipinski definition) is 1. The maximum absolute atomic E-state index is 12.0. The largest absolute Gasteiger partial charge is 0.396 e. The molecule has 4 heteroatoms. The van der Waals surface area contributed by atoms with Crippen molar-refractivity contribution in [3.05, 3.63) is 22.4 Å². The third-order valence-corrected chi connectivity index (χ3v) is 4.28. The fourth-order valence-electron chi connectivity index (χ4n) is 2.32. The van der Waals surface area contributed by atoms with Crippen molar-refractivity contribution in [2.45, 2.75) is 25.7 Å². The van der Waals surface area contributed by atoms with E-state index in [0.717, 1.165) is 32.4 Å². The van der Waals surface area contributed by atoms with Crippen molar-refractivity contribution < 1.29 is 9.90 Å². The summed E-state index contributed by atoms with van der Waals surface area (Å²) >= 11 is 1.71. The molecule has 1 aromatic rings. The molecule has 1 unspecified atom stereocenters. The van der Waals surface area contributed by atoms with Gasteiger partial charge in [-0.3, -0.25) is 4.79 Å². The number of aliphatic hydroxyl groups excluding tert-OH is 1. The van der Waals surface area contributed by atoms with Gasteiger partial charge in [0.25, 0.3) is 0 Å². The lowest BCUT2D eigenvalue weighted by molar-refractivity contribution is -0.130. The van der Waals surface area contributed by atoms with Gasteiger partial charge in [0.2, 0.25) is 5.91 Å². The first-order chi connectivity index (χ1) is 8.29. The van der Waals surface area contributed by atoms with Gasteiger partial charge >= 0.3 is 0 Å². The van der Waals surface area contributed by atoms with Crippen LogP contribution < -0.4 is 0 Å². The first kappa shape index (κ1) is 12.6.